The molecule has 1 saturated heterocycles. The molecule has 80 heavy (non-hydrogen) atoms. The zero-order valence-corrected chi connectivity index (χ0v) is 48.9. The van der Waals surface area contributed by atoms with Crippen molar-refractivity contribution >= 4 is 23.9 Å². The van der Waals surface area contributed by atoms with Gasteiger partial charge in [0.1, 0.15) is 24.7 Å². The molecule has 2 aliphatic rings. The lowest BCUT2D eigenvalue weighted by Crippen LogP contribution is -2.60. The second kappa shape index (κ2) is 36.7. The Bertz CT molecular complexity index is 1940. The number of fused-ring (bicyclic) bond motifs is 2. The molecule has 0 aromatic carbocycles. The van der Waals surface area contributed by atoms with E-state index in [1.54, 1.807) is 59.9 Å². The van der Waals surface area contributed by atoms with Gasteiger partial charge in [0, 0.05) is 69.4 Å². The first-order chi connectivity index (χ1) is 37.5. The van der Waals surface area contributed by atoms with Crippen LogP contribution in [0.3, 0.4) is 0 Å². The van der Waals surface area contributed by atoms with Crippen LogP contribution in [0.15, 0.2) is 48.6 Å². The third kappa shape index (κ3) is 26.2. The number of ether oxygens (including phenoxy) is 3. The summed E-state index contributed by atoms with van der Waals surface area (Å²) in [7, 11) is 1.69. The number of esters is 2. The van der Waals surface area contributed by atoms with Crippen LogP contribution in [0.2, 0.25) is 0 Å². The predicted octanol–water partition coefficient (Wildman–Crippen LogP) is 3.51. The van der Waals surface area contributed by atoms with Crippen LogP contribution in [0.4, 0.5) is 0 Å². The number of carbonyl (C=O) groups excluding carboxylic acids is 2. The number of guanidine groups is 1. The van der Waals surface area contributed by atoms with Gasteiger partial charge < -0.3 is 86.1 Å². The van der Waals surface area contributed by atoms with Gasteiger partial charge in [-0.3, -0.25) is 19.8 Å². The minimum Gasteiger partial charge on any atom is -0.481 e. The first-order valence-corrected chi connectivity index (χ1v) is 29.0. The van der Waals surface area contributed by atoms with Gasteiger partial charge in [-0.25, -0.2) is 0 Å². The number of allylic oxidation sites excluding steroid dienone is 4. The predicted molar refractivity (Wildman–Crippen MR) is 301 cm³/mol. The number of aliphatic hydroxyl groups is 11. The van der Waals surface area contributed by atoms with E-state index in [1.807, 2.05) is 19.9 Å². The second-order valence-electron chi connectivity index (χ2n) is 23.4. The van der Waals surface area contributed by atoms with Gasteiger partial charge in [-0.2, -0.15) is 0 Å². The number of carbonyl (C=O) groups is 3. The van der Waals surface area contributed by atoms with Gasteiger partial charge in [0.05, 0.1) is 67.0 Å². The van der Waals surface area contributed by atoms with E-state index in [1.165, 1.54) is 12.2 Å². The molecule has 0 saturated carbocycles. The highest BCUT2D eigenvalue weighted by Gasteiger charge is 2.50. The Morgan fingerprint density at radius 1 is 0.750 bits per heavy atom. The Hall–Kier alpha value is -3.84. The normalized spacial score (nSPS) is 38.6. The molecule has 2 bridgehead atoms. The molecule has 0 aliphatic carbocycles. The molecule has 2 aliphatic heterocycles. The highest BCUT2D eigenvalue weighted by molar-refractivity contribution is 5.90. The van der Waals surface area contributed by atoms with Gasteiger partial charge in [0.25, 0.3) is 0 Å². The topological polar surface area (TPSA) is 370 Å². The molecule has 22 unspecified atom stereocenters. The minimum atomic E-state index is -2.54. The maximum atomic E-state index is 13.8. The molecule has 15 N–H and O–H groups in total. The summed E-state index contributed by atoms with van der Waals surface area (Å²) in [6.07, 6.45) is -0.262. The Kier molecular flexibility index (Phi) is 33.1. The van der Waals surface area contributed by atoms with Crippen molar-refractivity contribution in [3.05, 3.63) is 48.6 Å². The standard InChI is InChI=1S/C59H103N3O18/c1-34(18-14-12-10-11-13-17-25-62-58(60)61-9)26-38(5)55-37(4)19-15-16-20-45(64)39(6)49(68)28-42(63)27-43(78-54(74)32-53(72)73)29-44-30-51(70)56(75)59(77,80-44)33-52(71)36(3)22-23-46(65)40(7)50(69)31-48(67)35(2)21-24-47(66)41(8)57(76)79-55/h10-11,15-16,19-21,24,34-52,55-56,63-71,75,77H,12-14,17-18,22-23,25-33H2,1-9H3,(H,72,73)(H3,60,61,62)/b11-10+,19-15+,20-16+,24-21+. The van der Waals surface area contributed by atoms with Crippen molar-refractivity contribution in [3.63, 3.8) is 0 Å². The average Bonchev–Trinajstić information content (AvgIpc) is 3.38. The van der Waals surface area contributed by atoms with Gasteiger partial charge in [-0.05, 0) is 76.0 Å². The summed E-state index contributed by atoms with van der Waals surface area (Å²) in [5.74, 6) is -9.57. The molecule has 21 nitrogen and oxygen atoms in total. The van der Waals surface area contributed by atoms with E-state index in [0.29, 0.717) is 6.54 Å². The van der Waals surface area contributed by atoms with Crippen LogP contribution in [0.25, 0.3) is 0 Å². The lowest BCUT2D eigenvalue weighted by atomic mass is 9.83. The lowest BCUT2D eigenvalue weighted by Gasteiger charge is -2.45. The molecule has 462 valence electrons. The maximum absolute atomic E-state index is 13.8. The van der Waals surface area contributed by atoms with Gasteiger partial charge in [0.15, 0.2) is 11.7 Å². The fourth-order valence-corrected chi connectivity index (χ4v) is 10.3. The molecule has 0 amide bonds. The van der Waals surface area contributed by atoms with Crippen molar-refractivity contribution in [2.75, 3.05) is 13.6 Å². The van der Waals surface area contributed by atoms with Gasteiger partial charge in [0.2, 0.25) is 0 Å². The number of carboxylic acids is 1. The number of cyclic esters (lactones) is 1. The smallest absolute Gasteiger partial charge is 0.317 e. The number of rotatable bonds is 14. The number of unbranched alkanes of at least 4 members (excludes halogenated alkanes) is 2. The molecular formula is C59H103N3O18. The number of nitrogens with one attached hydrogen (secondary N) is 3. The zero-order chi connectivity index (χ0) is 60.4. The largest absolute Gasteiger partial charge is 0.481 e. The number of hydrogen-bond acceptors (Lipinski definition) is 18. The van der Waals surface area contributed by atoms with E-state index in [4.69, 9.17) is 19.6 Å². The Morgan fingerprint density at radius 3 is 2.04 bits per heavy atom. The van der Waals surface area contributed by atoms with Crippen molar-refractivity contribution in [1.82, 2.24) is 10.6 Å². The number of carboxylic acid groups (broad SMARTS) is 1. The van der Waals surface area contributed by atoms with E-state index in [9.17, 15) is 75.7 Å². The lowest BCUT2D eigenvalue weighted by molar-refractivity contribution is -0.333. The van der Waals surface area contributed by atoms with Gasteiger partial charge in [-0.15, -0.1) is 0 Å². The average molecular weight is 1140 g/mol. The van der Waals surface area contributed by atoms with Crippen LogP contribution >= 0.6 is 0 Å². The molecule has 21 heteroatoms. The summed E-state index contributed by atoms with van der Waals surface area (Å²) in [4.78, 5) is 37.8. The van der Waals surface area contributed by atoms with E-state index in [2.05, 4.69) is 29.7 Å². The minimum absolute atomic E-state index is 0.0710. The molecule has 0 spiro atoms. The van der Waals surface area contributed by atoms with E-state index >= 15 is 0 Å². The van der Waals surface area contributed by atoms with Crippen LogP contribution in [0.1, 0.15) is 152 Å². The summed E-state index contributed by atoms with van der Waals surface area (Å²) in [5.41, 5.74) is 0. The van der Waals surface area contributed by atoms with E-state index in [-0.39, 0.29) is 68.7 Å². The molecule has 0 aromatic heterocycles. The number of aliphatic carboxylic acids is 1. The fourth-order valence-electron chi connectivity index (χ4n) is 10.3. The monoisotopic (exact) mass is 1140 g/mol. The SMILES string of the molecule is CNC(=N)NCCC/C=C/CCCC(C)CC(C)C1OC(=O)C(C)C(O)/C=C/C(C)C(O)CC(O)C(C)C(O)CCC(C)C(O)CC2(O)OC(CC(OC(=O)CC(=O)O)CC(O)CC(O)C(C)C(O)/C=C/C=C/C1C)CC(O)C2O. The van der Waals surface area contributed by atoms with Crippen LogP contribution in [0, 0.1) is 52.8 Å². The van der Waals surface area contributed by atoms with Crippen LogP contribution in [-0.2, 0) is 28.6 Å². The summed E-state index contributed by atoms with van der Waals surface area (Å²) in [6, 6.07) is 0. The highest BCUT2D eigenvalue weighted by Crippen LogP contribution is 2.36. The third-order valence-corrected chi connectivity index (χ3v) is 16.2. The van der Waals surface area contributed by atoms with E-state index in [0.717, 1.165) is 38.5 Å². The van der Waals surface area contributed by atoms with Crippen LogP contribution in [-0.4, -0.2) is 184 Å². The number of aliphatic hydroxyl groups excluding tert-OH is 10. The maximum Gasteiger partial charge on any atom is 0.317 e. The van der Waals surface area contributed by atoms with Crippen LogP contribution < -0.4 is 10.6 Å². The summed E-state index contributed by atoms with van der Waals surface area (Å²) >= 11 is 0. The van der Waals surface area contributed by atoms with Crippen molar-refractivity contribution < 1.29 is 89.9 Å². The second-order valence-corrected chi connectivity index (χ2v) is 23.4. The fraction of sp³-hybridized carbons (Fsp3) is 0.797. The van der Waals surface area contributed by atoms with Gasteiger partial charge >= 0.3 is 17.9 Å². The van der Waals surface area contributed by atoms with Crippen molar-refractivity contribution in [3.8, 4) is 0 Å². The van der Waals surface area contributed by atoms with E-state index < -0.39 is 145 Å². The Morgan fingerprint density at radius 2 is 1.39 bits per heavy atom. The number of hydrogen-bond donors (Lipinski definition) is 15. The Balaban J connectivity index is 2.43. The molecular weight excluding hydrogens is 1040 g/mol. The van der Waals surface area contributed by atoms with Crippen molar-refractivity contribution in [2.24, 2.45) is 47.3 Å². The molecule has 0 radical (unpaired) electrons. The zero-order valence-electron chi connectivity index (χ0n) is 48.9. The van der Waals surface area contributed by atoms with Crippen molar-refractivity contribution in [1.29, 1.82) is 5.41 Å². The van der Waals surface area contributed by atoms with Crippen LogP contribution in [0.5, 0.6) is 0 Å². The molecule has 22 atom stereocenters. The Labute approximate surface area is 474 Å². The highest BCUT2D eigenvalue weighted by atomic mass is 16.7. The quantitative estimate of drug-likeness (QED) is 0.0295. The first kappa shape index (κ1) is 72.3. The molecule has 2 heterocycles. The molecule has 2 rings (SSSR count). The molecule has 0 aromatic rings. The third-order valence-electron chi connectivity index (χ3n) is 16.2. The molecule has 1 fully saturated rings. The summed E-state index contributed by atoms with van der Waals surface area (Å²) in [5, 5.41) is 145. The summed E-state index contributed by atoms with van der Waals surface area (Å²) < 4.78 is 17.5. The van der Waals surface area contributed by atoms with Crippen molar-refractivity contribution in [2.45, 2.75) is 237 Å². The van der Waals surface area contributed by atoms with Gasteiger partial charge in [-0.1, -0.05) is 103 Å². The first-order valence-electron chi connectivity index (χ1n) is 29.0. The summed E-state index contributed by atoms with van der Waals surface area (Å²) in [6.45, 7) is 14.8.